The number of nitrogens with one attached hydrogen (secondary N) is 1. The van der Waals surface area contributed by atoms with Gasteiger partial charge in [-0.3, -0.25) is 9.89 Å². The number of aromatic amines is 1. The van der Waals surface area contributed by atoms with Gasteiger partial charge in [0.25, 0.3) is 5.91 Å². The van der Waals surface area contributed by atoms with Gasteiger partial charge < -0.3 is 14.2 Å². The summed E-state index contributed by atoms with van der Waals surface area (Å²) in [6, 6.07) is 9.44. The van der Waals surface area contributed by atoms with Gasteiger partial charge in [-0.05, 0) is 30.7 Å². The molecule has 148 valence electrons. The van der Waals surface area contributed by atoms with E-state index in [1.807, 2.05) is 37.4 Å². The summed E-state index contributed by atoms with van der Waals surface area (Å²) in [6.07, 6.45) is 3.73. The number of aromatic nitrogens is 4. The molecule has 0 saturated heterocycles. The highest BCUT2D eigenvalue weighted by atomic mass is 16.5. The molecular weight excluding hydrogens is 354 g/mol. The van der Waals surface area contributed by atoms with Crippen LogP contribution in [0.2, 0.25) is 0 Å². The summed E-state index contributed by atoms with van der Waals surface area (Å²) in [6.45, 7) is 6.80. The van der Waals surface area contributed by atoms with Gasteiger partial charge in [-0.25, -0.2) is 4.98 Å². The zero-order chi connectivity index (χ0) is 20.3. The Morgan fingerprint density at radius 2 is 2.07 bits per heavy atom. The molecule has 1 amide bonds. The molecule has 0 unspecified atom stereocenters. The summed E-state index contributed by atoms with van der Waals surface area (Å²) in [5.41, 5.74) is 2.27. The first-order chi connectivity index (χ1) is 13.4. The molecule has 28 heavy (non-hydrogen) atoms. The summed E-state index contributed by atoms with van der Waals surface area (Å²) >= 11 is 0. The van der Waals surface area contributed by atoms with Crippen LogP contribution in [0, 0.1) is 0 Å². The molecule has 1 atom stereocenters. The van der Waals surface area contributed by atoms with Crippen molar-refractivity contribution in [2.24, 2.45) is 0 Å². The quantitative estimate of drug-likeness (QED) is 0.678. The predicted octanol–water partition coefficient (Wildman–Crippen LogP) is 3.62. The van der Waals surface area contributed by atoms with Gasteiger partial charge in [-0.2, -0.15) is 5.10 Å². The molecule has 1 aromatic carbocycles. The van der Waals surface area contributed by atoms with E-state index >= 15 is 0 Å². The van der Waals surface area contributed by atoms with E-state index in [9.17, 15) is 4.79 Å². The van der Waals surface area contributed by atoms with Crippen molar-refractivity contribution >= 4 is 5.91 Å². The molecule has 0 aliphatic heterocycles. The summed E-state index contributed by atoms with van der Waals surface area (Å²) < 4.78 is 7.35. The first-order valence-corrected chi connectivity index (χ1v) is 9.37. The van der Waals surface area contributed by atoms with E-state index in [2.05, 4.69) is 33.6 Å². The molecule has 0 spiro atoms. The monoisotopic (exact) mass is 381 g/mol. The molecule has 0 radical (unpaired) electrons. The molecule has 0 aliphatic rings. The molecule has 0 bridgehead atoms. The third kappa shape index (κ3) is 4.08. The van der Waals surface area contributed by atoms with Gasteiger partial charge in [0.05, 0.1) is 25.4 Å². The van der Waals surface area contributed by atoms with Crippen LogP contribution in [-0.4, -0.2) is 44.7 Å². The minimum absolute atomic E-state index is 0.107. The number of carbonyl (C=O) groups is 1. The molecule has 7 nitrogen and oxygen atoms in total. The second-order valence-corrected chi connectivity index (χ2v) is 7.22. The molecule has 3 rings (SSSR count). The predicted molar refractivity (Wildman–Crippen MR) is 108 cm³/mol. The second-order valence-electron chi connectivity index (χ2n) is 7.22. The number of rotatable bonds is 7. The highest BCUT2D eigenvalue weighted by Gasteiger charge is 2.22. The van der Waals surface area contributed by atoms with Crippen molar-refractivity contribution in [2.75, 3.05) is 14.2 Å². The number of H-pyrrole nitrogens is 1. The lowest BCUT2D eigenvalue weighted by Gasteiger charge is -2.24. The van der Waals surface area contributed by atoms with Crippen molar-refractivity contribution in [1.82, 2.24) is 24.6 Å². The average molecular weight is 381 g/mol. The van der Waals surface area contributed by atoms with Crippen LogP contribution in [0.1, 0.15) is 60.3 Å². The summed E-state index contributed by atoms with van der Waals surface area (Å²) in [5, 5.41) is 7.20. The number of benzene rings is 1. The fraction of sp³-hybridized carbons (Fsp3) is 0.381. The van der Waals surface area contributed by atoms with Crippen molar-refractivity contribution in [3.63, 3.8) is 0 Å². The SMILES string of the molecule is COc1cccc([C@H](C)N(C)C(=O)c2cc(Cn3ccnc3C(C)C)[nH]n2)c1. The molecule has 1 N–H and O–H groups in total. The first kappa shape index (κ1) is 19.7. The molecular formula is C21H27N5O2. The Kier molecular flexibility index (Phi) is 5.82. The van der Waals surface area contributed by atoms with Gasteiger partial charge in [-0.1, -0.05) is 26.0 Å². The van der Waals surface area contributed by atoms with Crippen LogP contribution < -0.4 is 4.74 Å². The number of carbonyl (C=O) groups excluding carboxylic acids is 1. The zero-order valence-electron chi connectivity index (χ0n) is 17.0. The number of hydrogen-bond acceptors (Lipinski definition) is 4. The Balaban J connectivity index is 1.73. The van der Waals surface area contributed by atoms with Gasteiger partial charge in [0.1, 0.15) is 17.3 Å². The minimum atomic E-state index is -0.132. The van der Waals surface area contributed by atoms with Gasteiger partial charge in [0.15, 0.2) is 0 Å². The number of hydrogen-bond donors (Lipinski definition) is 1. The van der Waals surface area contributed by atoms with Crippen molar-refractivity contribution in [3.05, 3.63) is 65.5 Å². The van der Waals surface area contributed by atoms with E-state index in [4.69, 9.17) is 4.74 Å². The zero-order valence-corrected chi connectivity index (χ0v) is 17.0. The van der Waals surface area contributed by atoms with Crippen LogP contribution in [0.3, 0.4) is 0 Å². The van der Waals surface area contributed by atoms with Gasteiger partial charge >= 0.3 is 0 Å². The van der Waals surface area contributed by atoms with Gasteiger partial charge in [0.2, 0.25) is 0 Å². The molecule has 0 fully saturated rings. The normalized spacial score (nSPS) is 12.2. The molecule has 3 aromatic rings. The van der Waals surface area contributed by atoms with E-state index in [0.717, 1.165) is 22.8 Å². The summed E-state index contributed by atoms with van der Waals surface area (Å²) in [5.74, 6) is 1.97. The molecule has 2 aromatic heterocycles. The van der Waals surface area contributed by atoms with E-state index in [-0.39, 0.29) is 11.9 Å². The maximum atomic E-state index is 12.9. The highest BCUT2D eigenvalue weighted by molar-refractivity contribution is 5.92. The Morgan fingerprint density at radius 1 is 1.29 bits per heavy atom. The maximum Gasteiger partial charge on any atom is 0.274 e. The van der Waals surface area contributed by atoms with E-state index in [1.54, 1.807) is 31.3 Å². The number of amides is 1. The fourth-order valence-electron chi connectivity index (χ4n) is 3.17. The molecule has 7 heteroatoms. The maximum absolute atomic E-state index is 12.9. The number of ether oxygens (including phenoxy) is 1. The largest absolute Gasteiger partial charge is 0.497 e. The van der Waals surface area contributed by atoms with Crippen LogP contribution in [0.5, 0.6) is 5.75 Å². The number of nitrogens with zero attached hydrogens (tertiary/aromatic N) is 4. The average Bonchev–Trinajstić information content (AvgIpc) is 3.36. The standard InChI is InChI=1S/C21H27N5O2/c1-14(2)20-22-9-10-26(20)13-17-12-19(24-23-17)21(27)25(4)15(3)16-7-6-8-18(11-16)28-5/h6-12,14-15H,13H2,1-5H3,(H,23,24)/t15-/m0/s1. The Hall–Kier alpha value is -3.09. The lowest BCUT2D eigenvalue weighted by atomic mass is 10.1. The second kappa shape index (κ2) is 8.29. The highest BCUT2D eigenvalue weighted by Crippen LogP contribution is 2.24. The van der Waals surface area contributed by atoms with E-state index in [1.165, 1.54) is 0 Å². The van der Waals surface area contributed by atoms with Crippen molar-refractivity contribution in [2.45, 2.75) is 39.3 Å². The van der Waals surface area contributed by atoms with Crippen molar-refractivity contribution in [1.29, 1.82) is 0 Å². The van der Waals surface area contributed by atoms with Gasteiger partial charge in [-0.15, -0.1) is 0 Å². The van der Waals surface area contributed by atoms with Gasteiger partial charge in [0, 0.05) is 25.4 Å². The molecule has 0 saturated carbocycles. The first-order valence-electron chi connectivity index (χ1n) is 9.37. The van der Waals surface area contributed by atoms with Crippen LogP contribution >= 0.6 is 0 Å². The summed E-state index contributed by atoms with van der Waals surface area (Å²) in [4.78, 5) is 19.0. The lowest BCUT2D eigenvalue weighted by molar-refractivity contribution is 0.0736. The lowest BCUT2D eigenvalue weighted by Crippen LogP contribution is -2.30. The van der Waals surface area contributed by atoms with Crippen LogP contribution in [0.15, 0.2) is 42.7 Å². The third-order valence-electron chi connectivity index (χ3n) is 4.93. The summed E-state index contributed by atoms with van der Waals surface area (Å²) in [7, 11) is 3.42. The third-order valence-corrected chi connectivity index (χ3v) is 4.93. The topological polar surface area (TPSA) is 76.0 Å². The van der Waals surface area contributed by atoms with E-state index in [0.29, 0.717) is 18.2 Å². The Bertz CT molecular complexity index is 944. The van der Waals surface area contributed by atoms with Crippen LogP contribution in [0.4, 0.5) is 0 Å². The minimum Gasteiger partial charge on any atom is -0.497 e. The van der Waals surface area contributed by atoms with Crippen molar-refractivity contribution < 1.29 is 9.53 Å². The van der Waals surface area contributed by atoms with Crippen LogP contribution in [-0.2, 0) is 6.54 Å². The number of imidazole rings is 1. The molecule has 2 heterocycles. The van der Waals surface area contributed by atoms with E-state index < -0.39 is 0 Å². The number of methoxy groups -OCH3 is 1. The van der Waals surface area contributed by atoms with Crippen molar-refractivity contribution in [3.8, 4) is 5.75 Å². The Labute approximate surface area is 165 Å². The Morgan fingerprint density at radius 3 is 2.79 bits per heavy atom. The molecule has 0 aliphatic carbocycles. The smallest absolute Gasteiger partial charge is 0.274 e. The van der Waals surface area contributed by atoms with Crippen LogP contribution in [0.25, 0.3) is 0 Å². The fourth-order valence-corrected chi connectivity index (χ4v) is 3.17.